The number of rotatable bonds is 5. The number of carbonyl (C=O) groups excluding carboxylic acids is 1. The van der Waals surface area contributed by atoms with Crippen molar-refractivity contribution in [3.05, 3.63) is 45.1 Å². The molecular formula is C27H34N4O6. The maximum atomic E-state index is 12.4. The van der Waals surface area contributed by atoms with Gasteiger partial charge < -0.3 is 46.1 Å². The van der Waals surface area contributed by atoms with Gasteiger partial charge >= 0.3 is 0 Å². The number of nitrogens with one attached hydrogen (secondary N) is 2. The minimum atomic E-state index is -0.699. The fourth-order valence-corrected chi connectivity index (χ4v) is 6.06. The highest BCUT2D eigenvalue weighted by Crippen LogP contribution is 2.54. The number of nitrogens with zero attached hydrogens (tertiary/aromatic N) is 1. The Bertz CT molecular complexity index is 1320. The number of benzene rings is 2. The van der Waals surface area contributed by atoms with Crippen molar-refractivity contribution in [2.75, 3.05) is 27.3 Å². The van der Waals surface area contributed by atoms with Gasteiger partial charge in [0.15, 0.2) is 23.0 Å². The summed E-state index contributed by atoms with van der Waals surface area (Å²) < 4.78 is 10.9. The third-order valence-electron chi connectivity index (χ3n) is 7.77. The molecule has 0 spiro atoms. The van der Waals surface area contributed by atoms with Crippen LogP contribution in [0.5, 0.6) is 28.7 Å². The molecule has 2 aromatic carbocycles. The lowest BCUT2D eigenvalue weighted by molar-refractivity contribution is -0.122. The van der Waals surface area contributed by atoms with Gasteiger partial charge in [-0.25, -0.2) is 0 Å². The molecule has 10 nitrogen and oxygen atoms in total. The van der Waals surface area contributed by atoms with Gasteiger partial charge in [0.1, 0.15) is 5.75 Å². The molecule has 7 N–H and O–H groups in total. The van der Waals surface area contributed by atoms with Gasteiger partial charge in [0.25, 0.3) is 0 Å². The van der Waals surface area contributed by atoms with Crippen LogP contribution in [0.25, 0.3) is 6.08 Å². The van der Waals surface area contributed by atoms with E-state index in [1.807, 2.05) is 13.0 Å². The van der Waals surface area contributed by atoms with Crippen molar-refractivity contribution in [1.82, 2.24) is 15.5 Å². The van der Waals surface area contributed by atoms with Crippen molar-refractivity contribution in [3.63, 3.8) is 0 Å². The summed E-state index contributed by atoms with van der Waals surface area (Å²) in [5, 5.41) is 40.2. The summed E-state index contributed by atoms with van der Waals surface area (Å²) in [7, 11) is 2.97. The standard InChI is InChI=1S/C27H34N4O6/c1-11-6-14-7-15-10-31-17(21(30-15)19(14)23(33)25(11)36-4)8-16-20(18(31)9-29-27(35)13(3)28)24(34)26(37-5)12(2)22(16)32/h6,8,13,15,18,21,30,32-34H,7,9-10,28H2,1-5H3,(H,29,35). The number of aromatic hydroxyl groups is 3. The molecule has 3 heterocycles. The Morgan fingerprint density at radius 3 is 2.49 bits per heavy atom. The minimum absolute atomic E-state index is 0.0100. The smallest absolute Gasteiger partial charge is 0.236 e. The molecule has 2 aromatic rings. The Morgan fingerprint density at radius 2 is 1.84 bits per heavy atom. The van der Waals surface area contributed by atoms with Crippen molar-refractivity contribution in [1.29, 1.82) is 0 Å². The first-order valence-corrected chi connectivity index (χ1v) is 12.4. The predicted molar refractivity (Wildman–Crippen MR) is 138 cm³/mol. The zero-order chi connectivity index (χ0) is 26.8. The van der Waals surface area contributed by atoms with Gasteiger partial charge in [-0.3, -0.25) is 4.79 Å². The molecular weight excluding hydrogens is 476 g/mol. The average molecular weight is 511 g/mol. The maximum absolute atomic E-state index is 12.4. The van der Waals surface area contributed by atoms with Crippen LogP contribution in [-0.4, -0.2) is 65.5 Å². The van der Waals surface area contributed by atoms with Gasteiger partial charge in [0.05, 0.1) is 32.3 Å². The fraction of sp³-hybridized carbons (Fsp3) is 0.444. The van der Waals surface area contributed by atoms with Gasteiger partial charge in [-0.2, -0.15) is 0 Å². The first kappa shape index (κ1) is 25.0. The van der Waals surface area contributed by atoms with Crippen molar-refractivity contribution >= 4 is 12.0 Å². The van der Waals surface area contributed by atoms with E-state index in [9.17, 15) is 20.1 Å². The van der Waals surface area contributed by atoms with E-state index in [4.69, 9.17) is 15.2 Å². The van der Waals surface area contributed by atoms with Gasteiger partial charge in [0.2, 0.25) is 5.91 Å². The highest BCUT2D eigenvalue weighted by molar-refractivity contribution is 5.81. The molecule has 10 heteroatoms. The molecule has 1 saturated heterocycles. The number of phenols is 3. The van der Waals surface area contributed by atoms with Gasteiger partial charge in [0, 0.05) is 47.1 Å². The van der Waals surface area contributed by atoms with Gasteiger partial charge in [-0.05, 0) is 44.4 Å². The number of phenolic OH excluding ortho intramolecular Hbond substituents is 3. The van der Waals surface area contributed by atoms with Crippen LogP contribution in [0, 0.1) is 13.8 Å². The number of amides is 1. The van der Waals surface area contributed by atoms with Crippen LogP contribution in [0.3, 0.4) is 0 Å². The molecule has 2 bridgehead atoms. The molecule has 3 aliphatic rings. The number of carbonyl (C=O) groups is 1. The number of nitrogens with two attached hydrogens (primary N) is 1. The zero-order valence-corrected chi connectivity index (χ0v) is 21.7. The molecule has 4 atom stereocenters. The molecule has 198 valence electrons. The Morgan fingerprint density at radius 1 is 1.16 bits per heavy atom. The highest BCUT2D eigenvalue weighted by Gasteiger charge is 2.45. The van der Waals surface area contributed by atoms with Crippen molar-refractivity contribution < 1.29 is 29.6 Å². The fourth-order valence-electron chi connectivity index (χ4n) is 6.06. The normalized spacial score (nSPS) is 22.3. The quantitative estimate of drug-likeness (QED) is 0.331. The molecule has 4 unspecified atom stereocenters. The van der Waals surface area contributed by atoms with E-state index in [2.05, 4.69) is 21.6 Å². The molecule has 0 aliphatic carbocycles. The SMILES string of the molecule is COc1c(C)cc2c(c1O)C1NC(C2)CN2C1=Cc1c(O)c(C)c(OC)c(O)c1C2CNC(=O)C(C)N. The Labute approximate surface area is 215 Å². The van der Waals surface area contributed by atoms with E-state index in [-0.39, 0.29) is 47.5 Å². The lowest BCUT2D eigenvalue weighted by Gasteiger charge is -2.51. The Kier molecular flexibility index (Phi) is 6.12. The third-order valence-corrected chi connectivity index (χ3v) is 7.77. The number of hydrogen-bond acceptors (Lipinski definition) is 9. The van der Waals surface area contributed by atoms with E-state index in [0.717, 1.165) is 22.4 Å². The molecule has 3 aliphatic heterocycles. The first-order valence-electron chi connectivity index (χ1n) is 12.4. The monoisotopic (exact) mass is 510 g/mol. The van der Waals surface area contributed by atoms with Crippen molar-refractivity contribution in [2.24, 2.45) is 5.73 Å². The van der Waals surface area contributed by atoms with Crippen LogP contribution in [0.2, 0.25) is 0 Å². The topological polar surface area (TPSA) is 150 Å². The highest BCUT2D eigenvalue weighted by atomic mass is 16.5. The molecule has 0 aromatic heterocycles. The van der Waals surface area contributed by atoms with Crippen molar-refractivity contribution in [2.45, 2.75) is 51.4 Å². The van der Waals surface area contributed by atoms with Crippen LogP contribution in [-0.2, 0) is 11.2 Å². The van der Waals surface area contributed by atoms with Crippen LogP contribution in [0.4, 0.5) is 0 Å². The molecule has 1 amide bonds. The number of ether oxygens (including phenoxy) is 2. The number of methoxy groups -OCH3 is 2. The zero-order valence-electron chi connectivity index (χ0n) is 21.7. The number of fused-ring (bicyclic) bond motifs is 7. The molecule has 0 radical (unpaired) electrons. The second-order valence-electron chi connectivity index (χ2n) is 10.1. The summed E-state index contributed by atoms with van der Waals surface area (Å²) in [6.45, 7) is 5.93. The second kappa shape index (κ2) is 9.04. The molecule has 0 saturated carbocycles. The number of aryl methyl sites for hydroxylation is 1. The number of hydrogen-bond donors (Lipinski definition) is 6. The van der Waals surface area contributed by atoms with E-state index >= 15 is 0 Å². The van der Waals surface area contributed by atoms with E-state index in [0.29, 0.717) is 35.4 Å². The summed E-state index contributed by atoms with van der Waals surface area (Å²) in [5.74, 6) is 0.294. The van der Waals surface area contributed by atoms with Crippen LogP contribution < -0.4 is 25.8 Å². The largest absolute Gasteiger partial charge is 0.507 e. The second-order valence-corrected chi connectivity index (χ2v) is 10.1. The third kappa shape index (κ3) is 3.74. The number of piperazine rings is 1. The van der Waals surface area contributed by atoms with Gasteiger partial charge in [-0.15, -0.1) is 0 Å². The molecule has 5 rings (SSSR count). The minimum Gasteiger partial charge on any atom is -0.507 e. The van der Waals surface area contributed by atoms with E-state index in [1.54, 1.807) is 13.8 Å². The molecule has 37 heavy (non-hydrogen) atoms. The van der Waals surface area contributed by atoms with Crippen LogP contribution in [0.1, 0.15) is 52.4 Å². The lowest BCUT2D eigenvalue weighted by Crippen LogP contribution is -2.57. The summed E-state index contributed by atoms with van der Waals surface area (Å²) >= 11 is 0. The molecule has 1 fully saturated rings. The average Bonchev–Trinajstić information content (AvgIpc) is 2.85. The summed E-state index contributed by atoms with van der Waals surface area (Å²) in [6, 6.07) is 0.509. The lowest BCUT2D eigenvalue weighted by atomic mass is 9.79. The van der Waals surface area contributed by atoms with Crippen LogP contribution >= 0.6 is 0 Å². The Balaban J connectivity index is 1.71. The predicted octanol–water partition coefficient (Wildman–Crippen LogP) is 1.87. The van der Waals surface area contributed by atoms with E-state index in [1.165, 1.54) is 14.2 Å². The summed E-state index contributed by atoms with van der Waals surface area (Å²) in [6.07, 6.45) is 2.53. The first-order chi connectivity index (χ1) is 17.6. The maximum Gasteiger partial charge on any atom is 0.236 e. The van der Waals surface area contributed by atoms with E-state index < -0.39 is 12.1 Å². The Hall–Kier alpha value is -3.63. The van der Waals surface area contributed by atoms with Gasteiger partial charge in [-0.1, -0.05) is 6.07 Å². The van der Waals surface area contributed by atoms with Crippen molar-refractivity contribution in [3.8, 4) is 28.7 Å². The summed E-state index contributed by atoms with van der Waals surface area (Å²) in [5.41, 5.74) is 10.6. The summed E-state index contributed by atoms with van der Waals surface area (Å²) in [4.78, 5) is 14.6. The van der Waals surface area contributed by atoms with Crippen LogP contribution in [0.15, 0.2) is 11.8 Å².